The van der Waals surface area contributed by atoms with Gasteiger partial charge in [0.1, 0.15) is 5.75 Å². The van der Waals surface area contributed by atoms with E-state index in [-0.39, 0.29) is 0 Å². The van der Waals surface area contributed by atoms with Crippen molar-refractivity contribution in [3.8, 4) is 17.2 Å². The van der Waals surface area contributed by atoms with Gasteiger partial charge in [-0.15, -0.1) is 0 Å². The van der Waals surface area contributed by atoms with Crippen molar-refractivity contribution >= 4 is 35.2 Å². The number of hydrogen-bond donors (Lipinski definition) is 1. The Labute approximate surface area is 174 Å². The minimum absolute atomic E-state index is 0.340. The van der Waals surface area contributed by atoms with Crippen LogP contribution in [0.4, 0.5) is 5.69 Å². The fourth-order valence-corrected chi connectivity index (χ4v) is 2.72. The molecule has 0 aliphatic carbocycles. The molecule has 0 radical (unpaired) electrons. The molecule has 0 bridgehead atoms. The van der Waals surface area contributed by atoms with E-state index in [0.717, 1.165) is 0 Å². The number of methoxy groups -OCH3 is 2. The molecule has 0 heterocycles. The molecule has 0 fully saturated rings. The van der Waals surface area contributed by atoms with Gasteiger partial charge in [-0.2, -0.15) is 0 Å². The van der Waals surface area contributed by atoms with Crippen molar-refractivity contribution in [3.63, 3.8) is 0 Å². The average Bonchev–Trinajstić information content (AvgIpc) is 2.71. The highest BCUT2D eigenvalue weighted by Gasteiger charge is 2.11. The van der Waals surface area contributed by atoms with Crippen molar-refractivity contribution in [3.05, 3.63) is 53.1 Å². The van der Waals surface area contributed by atoms with Gasteiger partial charge in [0.2, 0.25) is 0 Å². The van der Waals surface area contributed by atoms with Crippen molar-refractivity contribution in [1.29, 1.82) is 0 Å². The van der Waals surface area contributed by atoms with Gasteiger partial charge < -0.3 is 24.3 Å². The van der Waals surface area contributed by atoms with Crippen LogP contribution in [0.1, 0.15) is 12.5 Å². The zero-order valence-electron chi connectivity index (χ0n) is 16.4. The number of amides is 1. The minimum atomic E-state index is -0.677. The second kappa shape index (κ2) is 11.0. The molecule has 0 aliphatic rings. The lowest BCUT2D eigenvalue weighted by molar-refractivity contribution is -0.142. The van der Waals surface area contributed by atoms with E-state index in [9.17, 15) is 9.59 Å². The van der Waals surface area contributed by atoms with Crippen LogP contribution >= 0.6 is 11.6 Å². The number of carbonyl (C=O) groups excluding carboxylic acids is 2. The fourth-order valence-electron chi connectivity index (χ4n) is 2.42. The molecule has 0 aromatic heterocycles. The standard InChI is InChI=1S/C21H22ClNO6/c1-4-28-17-8-6-5-7-16(17)23-19(24)13-29-20(25)10-9-14-11-15(22)21(27-3)18(12-14)26-2/h5-12H,4,13H2,1-3H3,(H,23,24)/b10-9+. The minimum Gasteiger partial charge on any atom is -0.493 e. The maximum absolute atomic E-state index is 12.0. The Morgan fingerprint density at radius 2 is 1.86 bits per heavy atom. The van der Waals surface area contributed by atoms with E-state index in [2.05, 4.69) is 5.32 Å². The number of ether oxygens (including phenoxy) is 4. The summed E-state index contributed by atoms with van der Waals surface area (Å²) in [6.45, 7) is 1.88. The van der Waals surface area contributed by atoms with E-state index in [1.807, 2.05) is 6.92 Å². The molecular formula is C21H22ClNO6. The van der Waals surface area contributed by atoms with Crippen molar-refractivity contribution in [2.24, 2.45) is 0 Å². The van der Waals surface area contributed by atoms with Crippen molar-refractivity contribution in [2.75, 3.05) is 32.8 Å². The van der Waals surface area contributed by atoms with Gasteiger partial charge >= 0.3 is 5.97 Å². The Balaban J connectivity index is 1.93. The van der Waals surface area contributed by atoms with Crippen LogP contribution in [0.3, 0.4) is 0 Å². The van der Waals surface area contributed by atoms with Crippen LogP contribution in [0.5, 0.6) is 17.2 Å². The molecule has 1 amide bonds. The highest BCUT2D eigenvalue weighted by atomic mass is 35.5. The maximum atomic E-state index is 12.0. The van der Waals surface area contributed by atoms with Crippen LogP contribution in [0, 0.1) is 0 Å². The van der Waals surface area contributed by atoms with E-state index < -0.39 is 18.5 Å². The molecule has 8 heteroatoms. The van der Waals surface area contributed by atoms with Gasteiger partial charge in [0.15, 0.2) is 18.1 Å². The summed E-state index contributed by atoms with van der Waals surface area (Å²) >= 11 is 6.13. The van der Waals surface area contributed by atoms with E-state index in [1.165, 1.54) is 26.4 Å². The predicted octanol–water partition coefficient (Wildman–Crippen LogP) is 3.95. The maximum Gasteiger partial charge on any atom is 0.331 e. The first kappa shape index (κ1) is 22.1. The number of esters is 1. The van der Waals surface area contributed by atoms with Crippen LogP contribution < -0.4 is 19.5 Å². The molecule has 0 unspecified atom stereocenters. The Bertz CT molecular complexity index is 897. The number of para-hydroxylation sites is 2. The van der Waals surface area contributed by atoms with Crippen LogP contribution in [0.25, 0.3) is 6.08 Å². The Hall–Kier alpha value is -3.19. The largest absolute Gasteiger partial charge is 0.493 e. The van der Waals surface area contributed by atoms with Gasteiger partial charge in [0.05, 0.1) is 31.5 Å². The number of anilines is 1. The van der Waals surface area contributed by atoms with E-state index in [1.54, 1.807) is 36.4 Å². The van der Waals surface area contributed by atoms with Crippen LogP contribution in [0.2, 0.25) is 5.02 Å². The molecule has 2 aromatic carbocycles. The monoisotopic (exact) mass is 419 g/mol. The summed E-state index contributed by atoms with van der Waals surface area (Å²) in [6, 6.07) is 10.3. The molecule has 0 spiro atoms. The third kappa shape index (κ3) is 6.43. The number of benzene rings is 2. The smallest absolute Gasteiger partial charge is 0.331 e. The van der Waals surface area contributed by atoms with Crippen LogP contribution in [0.15, 0.2) is 42.5 Å². The molecular weight excluding hydrogens is 398 g/mol. The summed E-state index contributed by atoms with van der Waals surface area (Å²) in [6.07, 6.45) is 2.69. The Kier molecular flexibility index (Phi) is 8.36. The topological polar surface area (TPSA) is 83.1 Å². The van der Waals surface area contributed by atoms with Crippen LogP contribution in [-0.4, -0.2) is 39.3 Å². The van der Waals surface area contributed by atoms with Crippen molar-refractivity contribution in [2.45, 2.75) is 6.92 Å². The van der Waals surface area contributed by atoms with Gasteiger partial charge in [-0.1, -0.05) is 23.7 Å². The highest BCUT2D eigenvalue weighted by Crippen LogP contribution is 2.36. The normalized spacial score (nSPS) is 10.5. The molecule has 154 valence electrons. The van der Waals surface area contributed by atoms with E-state index in [4.69, 9.17) is 30.5 Å². The van der Waals surface area contributed by atoms with Gasteiger partial charge in [-0.25, -0.2) is 4.79 Å². The number of nitrogens with one attached hydrogen (secondary N) is 1. The lowest BCUT2D eigenvalue weighted by Crippen LogP contribution is -2.20. The van der Waals surface area contributed by atoms with Gasteiger partial charge in [0, 0.05) is 6.08 Å². The number of carbonyl (C=O) groups is 2. The summed E-state index contributed by atoms with van der Waals surface area (Å²) < 4.78 is 20.8. The quantitative estimate of drug-likeness (QED) is 0.489. The van der Waals surface area contributed by atoms with Gasteiger partial charge in [0.25, 0.3) is 5.91 Å². The summed E-state index contributed by atoms with van der Waals surface area (Å²) in [7, 11) is 2.96. The molecule has 1 N–H and O–H groups in total. The second-order valence-corrected chi connectivity index (χ2v) is 6.06. The second-order valence-electron chi connectivity index (χ2n) is 5.66. The average molecular weight is 420 g/mol. The van der Waals surface area contributed by atoms with Crippen LogP contribution in [-0.2, 0) is 14.3 Å². The highest BCUT2D eigenvalue weighted by molar-refractivity contribution is 6.32. The Morgan fingerprint density at radius 1 is 1.10 bits per heavy atom. The zero-order chi connectivity index (χ0) is 21.2. The van der Waals surface area contributed by atoms with Crippen molar-refractivity contribution in [1.82, 2.24) is 0 Å². The molecule has 0 aliphatic heterocycles. The third-order valence-corrected chi connectivity index (χ3v) is 3.96. The lowest BCUT2D eigenvalue weighted by Gasteiger charge is -2.11. The summed E-state index contributed by atoms with van der Waals surface area (Å²) in [5.74, 6) is 0.218. The molecule has 0 atom stereocenters. The first-order valence-electron chi connectivity index (χ1n) is 8.76. The SMILES string of the molecule is CCOc1ccccc1NC(=O)COC(=O)/C=C/c1cc(Cl)c(OC)c(OC)c1. The summed E-state index contributed by atoms with van der Waals surface area (Å²) in [5, 5.41) is 2.99. The third-order valence-electron chi connectivity index (χ3n) is 3.67. The molecule has 0 saturated heterocycles. The molecule has 0 saturated carbocycles. The number of hydrogen-bond acceptors (Lipinski definition) is 6. The molecule has 2 aromatic rings. The zero-order valence-corrected chi connectivity index (χ0v) is 17.1. The summed E-state index contributed by atoms with van der Waals surface area (Å²) in [4.78, 5) is 23.9. The Morgan fingerprint density at radius 3 is 2.55 bits per heavy atom. The van der Waals surface area contributed by atoms with Gasteiger partial charge in [-0.05, 0) is 42.8 Å². The van der Waals surface area contributed by atoms with Gasteiger partial charge in [-0.3, -0.25) is 4.79 Å². The van der Waals surface area contributed by atoms with E-state index in [0.29, 0.717) is 40.1 Å². The first-order valence-corrected chi connectivity index (χ1v) is 9.14. The first-order chi connectivity index (χ1) is 14.0. The lowest BCUT2D eigenvalue weighted by atomic mass is 10.2. The summed E-state index contributed by atoms with van der Waals surface area (Å²) in [5.41, 5.74) is 1.12. The molecule has 7 nitrogen and oxygen atoms in total. The fraction of sp³-hybridized carbons (Fsp3) is 0.238. The van der Waals surface area contributed by atoms with Crippen molar-refractivity contribution < 1.29 is 28.5 Å². The number of rotatable bonds is 9. The van der Waals surface area contributed by atoms with E-state index >= 15 is 0 Å². The number of halogens is 1. The molecule has 29 heavy (non-hydrogen) atoms. The predicted molar refractivity (Wildman–Crippen MR) is 111 cm³/mol. The molecule has 2 rings (SSSR count).